The highest BCUT2D eigenvalue weighted by Crippen LogP contribution is 2.18. The first-order chi connectivity index (χ1) is 10.4. The minimum absolute atomic E-state index is 0.0326. The van der Waals surface area contributed by atoms with E-state index in [1.807, 2.05) is 0 Å². The maximum Gasteiger partial charge on any atom is 0.308 e. The summed E-state index contributed by atoms with van der Waals surface area (Å²) >= 11 is 0. The maximum atomic E-state index is 10.9. The topological polar surface area (TPSA) is 139 Å². The maximum absolute atomic E-state index is 10.9. The van der Waals surface area contributed by atoms with E-state index < -0.39 is 24.6 Å². The molecule has 0 radical (unpaired) electrons. The molecule has 22 heavy (non-hydrogen) atoms. The van der Waals surface area contributed by atoms with E-state index in [1.165, 1.54) is 6.92 Å². The predicted octanol–water partition coefficient (Wildman–Crippen LogP) is -1.05. The highest BCUT2D eigenvalue weighted by molar-refractivity contribution is 5.74. The number of hydrogen-bond donors (Lipinski definition) is 4. The summed E-state index contributed by atoms with van der Waals surface area (Å²) in [6, 6.07) is 6.99. The van der Waals surface area contributed by atoms with Crippen LogP contribution in [0.25, 0.3) is 0 Å². The second-order valence-electron chi connectivity index (χ2n) is 4.18. The van der Waals surface area contributed by atoms with Gasteiger partial charge in [-0.2, -0.15) is 0 Å². The van der Waals surface area contributed by atoms with Gasteiger partial charge < -0.3 is 30.5 Å². The third-order valence-electron chi connectivity index (χ3n) is 2.16. The predicted molar refractivity (Wildman–Crippen MR) is 76.8 cm³/mol. The van der Waals surface area contributed by atoms with Crippen molar-refractivity contribution in [2.45, 2.75) is 19.6 Å². The molecule has 0 fully saturated rings. The van der Waals surface area contributed by atoms with Crippen molar-refractivity contribution in [3.8, 4) is 5.75 Å². The summed E-state index contributed by atoms with van der Waals surface area (Å²) in [5, 5.41) is 25.4. The Labute approximate surface area is 128 Å². The number of esters is 1. The van der Waals surface area contributed by atoms with Gasteiger partial charge in [0.25, 0.3) is 0 Å². The van der Waals surface area contributed by atoms with Gasteiger partial charge in [-0.05, 0) is 6.07 Å². The lowest BCUT2D eigenvalue weighted by molar-refractivity contribution is -0.132. The Balaban J connectivity index is 0.000000763. The molecule has 8 nitrogen and oxygen atoms in total. The smallest absolute Gasteiger partial charge is 0.308 e. The summed E-state index contributed by atoms with van der Waals surface area (Å²) in [5.41, 5.74) is 5.12. The van der Waals surface area contributed by atoms with Crippen LogP contribution in [0.1, 0.15) is 12.5 Å². The number of ether oxygens (including phenoxy) is 2. The molecule has 1 atom stereocenters. The van der Waals surface area contributed by atoms with Crippen molar-refractivity contribution in [1.82, 2.24) is 0 Å². The number of aliphatic hydroxyl groups excluding tert-OH is 3. The van der Waals surface area contributed by atoms with Gasteiger partial charge in [-0.25, -0.2) is 0 Å². The lowest BCUT2D eigenvalue weighted by Crippen LogP contribution is -2.19. The molecule has 0 bridgehead atoms. The van der Waals surface area contributed by atoms with Gasteiger partial charge >= 0.3 is 5.97 Å². The Morgan fingerprint density at radius 2 is 1.86 bits per heavy atom. The summed E-state index contributed by atoms with van der Waals surface area (Å²) < 4.78 is 10.2. The average Bonchev–Trinajstić information content (AvgIpc) is 2.48. The molecule has 124 valence electrons. The Hall–Kier alpha value is -2.00. The quantitative estimate of drug-likeness (QED) is 0.371. The first-order valence-electron chi connectivity index (χ1n) is 6.42. The summed E-state index contributed by atoms with van der Waals surface area (Å²) in [6.07, 6.45) is -0.893. The molecule has 0 aliphatic rings. The molecule has 0 heterocycles. The minimum atomic E-state index is -0.893. The molecule has 1 amide bonds. The number of carbonyl (C=O) groups is 2. The van der Waals surface area contributed by atoms with Crippen molar-refractivity contribution < 1.29 is 34.4 Å². The van der Waals surface area contributed by atoms with Crippen molar-refractivity contribution in [3.63, 3.8) is 0 Å². The van der Waals surface area contributed by atoms with Crippen molar-refractivity contribution >= 4 is 11.9 Å². The van der Waals surface area contributed by atoms with Crippen LogP contribution in [0.2, 0.25) is 0 Å². The van der Waals surface area contributed by atoms with E-state index in [0.717, 1.165) is 0 Å². The first-order valence-corrected chi connectivity index (χ1v) is 6.42. The molecule has 0 spiro atoms. The fraction of sp³-hybridized carbons (Fsp3) is 0.429. The summed E-state index contributed by atoms with van der Waals surface area (Å²) in [4.78, 5) is 20.2. The van der Waals surface area contributed by atoms with Crippen LogP contribution >= 0.6 is 0 Å². The Bertz CT molecular complexity index is 464. The molecule has 1 aromatic rings. The molecule has 5 N–H and O–H groups in total. The average molecular weight is 315 g/mol. The normalized spacial score (nSPS) is 11.1. The van der Waals surface area contributed by atoms with Crippen molar-refractivity contribution in [2.75, 3.05) is 19.8 Å². The molecule has 0 aromatic heterocycles. The number of primary amides is 1. The SMILES string of the molecule is CC(=O)Oc1ccccc1COCC(O)CO.NC(=O)CO. The monoisotopic (exact) mass is 315 g/mol. The number of nitrogens with two attached hydrogens (primary N) is 1. The highest BCUT2D eigenvalue weighted by atomic mass is 16.5. The van der Waals surface area contributed by atoms with E-state index in [4.69, 9.17) is 24.8 Å². The molecular formula is C14H21NO7. The number of rotatable bonds is 7. The van der Waals surface area contributed by atoms with Crippen LogP contribution in [0.3, 0.4) is 0 Å². The van der Waals surface area contributed by atoms with E-state index in [1.54, 1.807) is 24.3 Å². The van der Waals surface area contributed by atoms with E-state index in [2.05, 4.69) is 5.73 Å². The van der Waals surface area contributed by atoms with E-state index >= 15 is 0 Å². The second kappa shape index (κ2) is 11.6. The third kappa shape index (κ3) is 9.83. The van der Waals surface area contributed by atoms with Gasteiger partial charge in [0.1, 0.15) is 18.5 Å². The molecule has 1 rings (SSSR count). The first kappa shape index (κ1) is 20.0. The minimum Gasteiger partial charge on any atom is -0.426 e. The summed E-state index contributed by atoms with van der Waals surface area (Å²) in [6.45, 7) is 0.671. The van der Waals surface area contributed by atoms with Gasteiger partial charge in [-0.1, -0.05) is 18.2 Å². The summed E-state index contributed by atoms with van der Waals surface area (Å²) in [5.74, 6) is -0.642. The van der Waals surface area contributed by atoms with Crippen LogP contribution in [0.5, 0.6) is 5.75 Å². The van der Waals surface area contributed by atoms with Crippen LogP contribution in [-0.4, -0.2) is 53.1 Å². The van der Waals surface area contributed by atoms with Crippen LogP contribution in [0.4, 0.5) is 0 Å². The van der Waals surface area contributed by atoms with Gasteiger partial charge in [-0.15, -0.1) is 0 Å². The van der Waals surface area contributed by atoms with Gasteiger partial charge in [-0.3, -0.25) is 9.59 Å². The number of para-hydroxylation sites is 1. The van der Waals surface area contributed by atoms with Crippen LogP contribution in [0, 0.1) is 0 Å². The molecule has 1 unspecified atom stereocenters. The van der Waals surface area contributed by atoms with E-state index in [-0.39, 0.29) is 19.8 Å². The van der Waals surface area contributed by atoms with Gasteiger partial charge in [0, 0.05) is 12.5 Å². The van der Waals surface area contributed by atoms with Crippen LogP contribution in [0.15, 0.2) is 24.3 Å². The highest BCUT2D eigenvalue weighted by Gasteiger charge is 2.07. The third-order valence-corrected chi connectivity index (χ3v) is 2.16. The Kier molecular flexibility index (Phi) is 10.6. The standard InChI is InChI=1S/C12H16O5.C2H5NO2/c1-9(14)17-12-5-3-2-4-10(12)7-16-8-11(15)6-13;3-2(5)1-4/h2-5,11,13,15H,6-8H2,1H3;4H,1H2,(H2,3,5). The Morgan fingerprint density at radius 3 is 2.36 bits per heavy atom. The molecule has 0 aliphatic heterocycles. The van der Waals surface area contributed by atoms with Crippen LogP contribution < -0.4 is 10.5 Å². The number of aliphatic hydroxyl groups is 3. The molecule has 0 saturated carbocycles. The number of amides is 1. The van der Waals surface area contributed by atoms with Gasteiger partial charge in [0.05, 0.1) is 19.8 Å². The zero-order chi connectivity index (χ0) is 17.0. The van der Waals surface area contributed by atoms with E-state index in [0.29, 0.717) is 11.3 Å². The lowest BCUT2D eigenvalue weighted by atomic mass is 10.2. The molecule has 0 aliphatic carbocycles. The zero-order valence-corrected chi connectivity index (χ0v) is 12.3. The van der Waals surface area contributed by atoms with E-state index in [9.17, 15) is 9.59 Å². The number of hydrogen-bond acceptors (Lipinski definition) is 7. The largest absolute Gasteiger partial charge is 0.426 e. The van der Waals surface area contributed by atoms with Gasteiger partial charge in [0.2, 0.25) is 5.91 Å². The van der Waals surface area contributed by atoms with Crippen molar-refractivity contribution in [1.29, 1.82) is 0 Å². The number of carbonyl (C=O) groups excluding carboxylic acids is 2. The van der Waals surface area contributed by atoms with Gasteiger partial charge in [0.15, 0.2) is 0 Å². The Morgan fingerprint density at radius 1 is 1.27 bits per heavy atom. The van der Waals surface area contributed by atoms with Crippen LogP contribution in [-0.2, 0) is 20.9 Å². The fourth-order valence-corrected chi connectivity index (χ4v) is 1.24. The molecule has 1 aromatic carbocycles. The molecular weight excluding hydrogens is 294 g/mol. The number of benzene rings is 1. The zero-order valence-electron chi connectivity index (χ0n) is 12.3. The van der Waals surface area contributed by atoms with Crippen molar-refractivity contribution in [3.05, 3.63) is 29.8 Å². The molecule has 0 saturated heterocycles. The van der Waals surface area contributed by atoms with Crippen molar-refractivity contribution in [2.24, 2.45) is 5.73 Å². The fourth-order valence-electron chi connectivity index (χ4n) is 1.24. The molecule has 8 heteroatoms. The second-order valence-corrected chi connectivity index (χ2v) is 4.18. The lowest BCUT2D eigenvalue weighted by Gasteiger charge is -2.11. The summed E-state index contributed by atoms with van der Waals surface area (Å²) in [7, 11) is 0.